The fourth-order valence-electron chi connectivity index (χ4n) is 2.74. The first-order valence-corrected chi connectivity index (χ1v) is 7.50. The summed E-state index contributed by atoms with van der Waals surface area (Å²) in [6.07, 6.45) is 1.56. The van der Waals surface area contributed by atoms with Crippen LogP contribution in [0.3, 0.4) is 0 Å². The van der Waals surface area contributed by atoms with Crippen LogP contribution in [-0.2, 0) is 9.53 Å². The first-order chi connectivity index (χ1) is 10.2. The highest BCUT2D eigenvalue weighted by Gasteiger charge is 2.30. The molecular formula is C16H21NO4. The molecule has 1 aromatic carbocycles. The van der Waals surface area contributed by atoms with Gasteiger partial charge in [-0.15, -0.1) is 0 Å². The maximum Gasteiger partial charge on any atom is 0.264 e. The summed E-state index contributed by atoms with van der Waals surface area (Å²) >= 11 is 0. The minimum Gasteiger partial charge on any atom is -0.485 e. The molecule has 1 fully saturated rings. The van der Waals surface area contributed by atoms with Gasteiger partial charge < -0.3 is 19.5 Å². The summed E-state index contributed by atoms with van der Waals surface area (Å²) in [6, 6.07) is 7.48. The van der Waals surface area contributed by atoms with E-state index in [1.165, 1.54) is 0 Å². The molecule has 21 heavy (non-hydrogen) atoms. The van der Waals surface area contributed by atoms with E-state index in [0.717, 1.165) is 19.4 Å². The van der Waals surface area contributed by atoms with E-state index in [2.05, 4.69) is 5.32 Å². The Morgan fingerprint density at radius 1 is 1.29 bits per heavy atom. The normalized spacial score (nSPS) is 26.0. The van der Waals surface area contributed by atoms with Crippen LogP contribution in [0.25, 0.3) is 0 Å². The SMILES string of the molecule is C[C@H](NC(=O)[C@H]1COc2ccccc2O1)[C@@H]1CCCOC1. The van der Waals surface area contributed by atoms with Crippen molar-refractivity contribution in [3.63, 3.8) is 0 Å². The van der Waals surface area contributed by atoms with Gasteiger partial charge in [0.1, 0.15) is 6.61 Å². The van der Waals surface area contributed by atoms with E-state index in [1.807, 2.05) is 31.2 Å². The molecule has 1 N–H and O–H groups in total. The Kier molecular flexibility index (Phi) is 4.29. The van der Waals surface area contributed by atoms with Crippen molar-refractivity contribution in [2.75, 3.05) is 19.8 Å². The molecule has 0 bridgehead atoms. The van der Waals surface area contributed by atoms with Crippen LogP contribution in [0.5, 0.6) is 11.5 Å². The fourth-order valence-corrected chi connectivity index (χ4v) is 2.74. The van der Waals surface area contributed by atoms with E-state index < -0.39 is 6.10 Å². The average Bonchev–Trinajstić information content (AvgIpc) is 2.55. The number of amides is 1. The zero-order valence-electron chi connectivity index (χ0n) is 12.2. The van der Waals surface area contributed by atoms with Crippen LogP contribution in [0.4, 0.5) is 0 Å². The van der Waals surface area contributed by atoms with Crippen molar-refractivity contribution in [3.05, 3.63) is 24.3 Å². The van der Waals surface area contributed by atoms with Gasteiger partial charge in [-0.1, -0.05) is 12.1 Å². The van der Waals surface area contributed by atoms with Gasteiger partial charge in [0.2, 0.25) is 6.10 Å². The molecule has 2 heterocycles. The van der Waals surface area contributed by atoms with Gasteiger partial charge in [0, 0.05) is 18.6 Å². The predicted molar refractivity (Wildman–Crippen MR) is 77.5 cm³/mol. The van der Waals surface area contributed by atoms with Crippen molar-refractivity contribution < 1.29 is 19.0 Å². The van der Waals surface area contributed by atoms with Crippen molar-refractivity contribution in [2.45, 2.75) is 31.9 Å². The number of hydrogen-bond acceptors (Lipinski definition) is 4. The number of fused-ring (bicyclic) bond motifs is 1. The second-order valence-corrected chi connectivity index (χ2v) is 5.64. The van der Waals surface area contributed by atoms with Crippen molar-refractivity contribution >= 4 is 5.91 Å². The minimum absolute atomic E-state index is 0.0820. The van der Waals surface area contributed by atoms with Gasteiger partial charge in [-0.2, -0.15) is 0 Å². The molecular weight excluding hydrogens is 270 g/mol. The molecule has 3 atom stereocenters. The average molecular weight is 291 g/mol. The van der Waals surface area contributed by atoms with Crippen LogP contribution < -0.4 is 14.8 Å². The number of carbonyl (C=O) groups excluding carboxylic acids is 1. The predicted octanol–water partition coefficient (Wildman–Crippen LogP) is 1.76. The Labute approximate surface area is 124 Å². The largest absolute Gasteiger partial charge is 0.485 e. The zero-order chi connectivity index (χ0) is 14.7. The third kappa shape index (κ3) is 3.29. The Hall–Kier alpha value is -1.75. The molecule has 0 aliphatic carbocycles. The second kappa shape index (κ2) is 6.35. The van der Waals surface area contributed by atoms with Crippen molar-refractivity contribution in [3.8, 4) is 11.5 Å². The first kappa shape index (κ1) is 14.2. The van der Waals surface area contributed by atoms with Gasteiger partial charge in [-0.3, -0.25) is 4.79 Å². The van der Waals surface area contributed by atoms with Crippen LogP contribution in [-0.4, -0.2) is 37.9 Å². The van der Waals surface area contributed by atoms with Gasteiger partial charge in [0.05, 0.1) is 6.61 Å². The lowest BCUT2D eigenvalue weighted by Crippen LogP contribution is -2.49. The molecule has 5 heteroatoms. The summed E-state index contributed by atoms with van der Waals surface area (Å²) in [4.78, 5) is 12.3. The highest BCUT2D eigenvalue weighted by Crippen LogP contribution is 2.31. The lowest BCUT2D eigenvalue weighted by atomic mass is 9.95. The molecule has 1 saturated heterocycles. The fraction of sp³-hybridized carbons (Fsp3) is 0.562. The molecule has 0 radical (unpaired) electrons. The zero-order valence-corrected chi connectivity index (χ0v) is 12.2. The summed E-state index contributed by atoms with van der Waals surface area (Å²) in [5.74, 6) is 1.56. The number of carbonyl (C=O) groups is 1. The van der Waals surface area contributed by atoms with Crippen LogP contribution >= 0.6 is 0 Å². The number of rotatable bonds is 3. The Morgan fingerprint density at radius 3 is 2.86 bits per heavy atom. The van der Waals surface area contributed by atoms with E-state index in [0.29, 0.717) is 24.0 Å². The molecule has 114 valence electrons. The lowest BCUT2D eigenvalue weighted by molar-refractivity contribution is -0.131. The smallest absolute Gasteiger partial charge is 0.264 e. The molecule has 2 aliphatic rings. The van der Waals surface area contributed by atoms with Crippen molar-refractivity contribution in [1.29, 1.82) is 0 Å². The number of ether oxygens (including phenoxy) is 3. The number of hydrogen-bond donors (Lipinski definition) is 1. The summed E-state index contributed by atoms with van der Waals surface area (Å²) in [7, 11) is 0. The van der Waals surface area contributed by atoms with E-state index in [4.69, 9.17) is 14.2 Å². The maximum atomic E-state index is 12.3. The lowest BCUT2D eigenvalue weighted by Gasteiger charge is -2.31. The van der Waals surface area contributed by atoms with Gasteiger partial charge in [-0.05, 0) is 31.9 Å². The Balaban J connectivity index is 1.56. The number of para-hydroxylation sites is 2. The third-order valence-electron chi connectivity index (χ3n) is 4.07. The van der Waals surface area contributed by atoms with Gasteiger partial charge in [0.25, 0.3) is 5.91 Å². The summed E-state index contributed by atoms with van der Waals surface area (Å²) in [5, 5.41) is 3.03. The number of benzene rings is 1. The van der Waals surface area contributed by atoms with Crippen molar-refractivity contribution in [2.24, 2.45) is 5.92 Å². The first-order valence-electron chi connectivity index (χ1n) is 7.50. The molecule has 0 spiro atoms. The maximum absolute atomic E-state index is 12.3. The van der Waals surface area contributed by atoms with Gasteiger partial charge >= 0.3 is 0 Å². The standard InChI is InChI=1S/C16H21NO4/c1-11(12-5-4-8-19-9-12)17-16(18)15-10-20-13-6-2-3-7-14(13)21-15/h2-3,6-7,11-12,15H,4-5,8-10H2,1H3,(H,17,18)/t11-,12+,15+/m0/s1. The van der Waals surface area contributed by atoms with Gasteiger partial charge in [-0.25, -0.2) is 0 Å². The minimum atomic E-state index is -0.591. The molecule has 1 aromatic rings. The quantitative estimate of drug-likeness (QED) is 0.922. The van der Waals surface area contributed by atoms with Crippen LogP contribution in [0, 0.1) is 5.92 Å². The summed E-state index contributed by atoms with van der Waals surface area (Å²) in [6.45, 7) is 3.81. The highest BCUT2D eigenvalue weighted by atomic mass is 16.6. The topological polar surface area (TPSA) is 56.8 Å². The molecule has 0 unspecified atom stereocenters. The van der Waals surface area contributed by atoms with E-state index in [-0.39, 0.29) is 18.6 Å². The Morgan fingerprint density at radius 2 is 2.10 bits per heavy atom. The molecule has 1 amide bonds. The Bertz CT molecular complexity index is 499. The van der Waals surface area contributed by atoms with E-state index in [1.54, 1.807) is 0 Å². The second-order valence-electron chi connectivity index (χ2n) is 5.64. The molecule has 0 aromatic heterocycles. The monoisotopic (exact) mass is 291 g/mol. The van der Waals surface area contributed by atoms with Gasteiger partial charge in [0.15, 0.2) is 11.5 Å². The molecule has 2 aliphatic heterocycles. The summed E-state index contributed by atoms with van der Waals surface area (Å²) < 4.78 is 16.8. The van der Waals surface area contributed by atoms with Crippen LogP contribution in [0.2, 0.25) is 0 Å². The third-order valence-corrected chi connectivity index (χ3v) is 4.07. The highest BCUT2D eigenvalue weighted by molar-refractivity contribution is 5.82. The van der Waals surface area contributed by atoms with E-state index >= 15 is 0 Å². The molecule has 3 rings (SSSR count). The van der Waals surface area contributed by atoms with Crippen LogP contribution in [0.15, 0.2) is 24.3 Å². The molecule has 5 nitrogen and oxygen atoms in total. The summed E-state index contributed by atoms with van der Waals surface area (Å²) in [5.41, 5.74) is 0. The number of nitrogens with one attached hydrogen (secondary N) is 1. The molecule has 0 saturated carbocycles. The van der Waals surface area contributed by atoms with Crippen molar-refractivity contribution in [1.82, 2.24) is 5.32 Å². The van der Waals surface area contributed by atoms with E-state index in [9.17, 15) is 4.79 Å². The van der Waals surface area contributed by atoms with Crippen LogP contribution in [0.1, 0.15) is 19.8 Å².